The number of piperazine rings is 1. The fourth-order valence-corrected chi connectivity index (χ4v) is 3.54. The third-order valence-corrected chi connectivity index (χ3v) is 5.16. The lowest BCUT2D eigenvalue weighted by Gasteiger charge is -2.37. The molecule has 1 fully saturated rings. The van der Waals surface area contributed by atoms with E-state index in [0.29, 0.717) is 5.92 Å². The van der Waals surface area contributed by atoms with Gasteiger partial charge < -0.3 is 15.1 Å². The van der Waals surface area contributed by atoms with Crippen LogP contribution in [-0.4, -0.2) is 42.7 Å². The van der Waals surface area contributed by atoms with Gasteiger partial charge in [0.1, 0.15) is 11.6 Å². The standard InChI is InChI=1S/C24H29N5/c1-19(2)18-25-22-17-23(27-24(26-22)20-9-5-3-6-10-20)29-15-13-28(14-16-29)21-11-7-4-8-12-21/h3-12,17,19H,13-16,18H2,1-2H3,(H,25,26,27). The highest BCUT2D eigenvalue weighted by atomic mass is 15.3. The van der Waals surface area contributed by atoms with Gasteiger partial charge in [-0.25, -0.2) is 9.97 Å². The molecule has 2 heterocycles. The van der Waals surface area contributed by atoms with Crippen LogP contribution in [0.25, 0.3) is 11.4 Å². The van der Waals surface area contributed by atoms with Gasteiger partial charge in [0.25, 0.3) is 0 Å². The Morgan fingerprint density at radius 2 is 1.45 bits per heavy atom. The van der Waals surface area contributed by atoms with Crippen molar-refractivity contribution in [2.45, 2.75) is 13.8 Å². The van der Waals surface area contributed by atoms with Crippen molar-refractivity contribution in [1.82, 2.24) is 9.97 Å². The number of nitrogens with one attached hydrogen (secondary N) is 1. The molecular formula is C24H29N5. The topological polar surface area (TPSA) is 44.3 Å². The number of rotatable bonds is 6. The van der Waals surface area contributed by atoms with E-state index >= 15 is 0 Å². The van der Waals surface area contributed by atoms with E-state index in [1.54, 1.807) is 0 Å². The largest absolute Gasteiger partial charge is 0.370 e. The van der Waals surface area contributed by atoms with Gasteiger partial charge in [0.05, 0.1) is 0 Å². The first kappa shape index (κ1) is 19.2. The Kier molecular flexibility index (Phi) is 5.94. The van der Waals surface area contributed by atoms with Gasteiger partial charge in [0.2, 0.25) is 0 Å². The molecule has 0 amide bonds. The summed E-state index contributed by atoms with van der Waals surface area (Å²) in [7, 11) is 0. The van der Waals surface area contributed by atoms with E-state index in [9.17, 15) is 0 Å². The molecule has 0 radical (unpaired) electrons. The molecular weight excluding hydrogens is 358 g/mol. The highest BCUT2D eigenvalue weighted by molar-refractivity contribution is 5.62. The van der Waals surface area contributed by atoms with Crippen LogP contribution in [0, 0.1) is 5.92 Å². The number of nitrogens with zero attached hydrogens (tertiary/aromatic N) is 4. The monoisotopic (exact) mass is 387 g/mol. The molecule has 1 aliphatic heterocycles. The van der Waals surface area contributed by atoms with E-state index in [4.69, 9.17) is 9.97 Å². The van der Waals surface area contributed by atoms with Gasteiger partial charge in [0.15, 0.2) is 5.82 Å². The maximum Gasteiger partial charge on any atom is 0.163 e. The summed E-state index contributed by atoms with van der Waals surface area (Å²) >= 11 is 0. The fraction of sp³-hybridized carbons (Fsp3) is 0.333. The molecule has 0 saturated carbocycles. The molecule has 150 valence electrons. The highest BCUT2D eigenvalue weighted by Crippen LogP contribution is 2.24. The van der Waals surface area contributed by atoms with Crippen LogP contribution in [0.1, 0.15) is 13.8 Å². The van der Waals surface area contributed by atoms with Gasteiger partial charge in [0, 0.05) is 50.0 Å². The molecule has 0 atom stereocenters. The number of hydrogen-bond donors (Lipinski definition) is 1. The highest BCUT2D eigenvalue weighted by Gasteiger charge is 2.20. The lowest BCUT2D eigenvalue weighted by atomic mass is 10.2. The summed E-state index contributed by atoms with van der Waals surface area (Å²) in [6.45, 7) is 9.18. The van der Waals surface area contributed by atoms with Crippen molar-refractivity contribution in [2.75, 3.05) is 47.8 Å². The molecule has 5 nitrogen and oxygen atoms in total. The molecule has 0 bridgehead atoms. The predicted octanol–water partition coefficient (Wildman–Crippen LogP) is 4.54. The second-order valence-corrected chi connectivity index (χ2v) is 7.89. The average molecular weight is 388 g/mol. The normalized spacial score (nSPS) is 14.3. The Bertz CT molecular complexity index is 903. The van der Waals surface area contributed by atoms with Gasteiger partial charge in [-0.05, 0) is 18.1 Å². The molecule has 1 saturated heterocycles. The van der Waals surface area contributed by atoms with Crippen molar-refractivity contribution in [2.24, 2.45) is 5.92 Å². The predicted molar refractivity (Wildman–Crippen MR) is 122 cm³/mol. The third-order valence-electron chi connectivity index (χ3n) is 5.16. The summed E-state index contributed by atoms with van der Waals surface area (Å²) in [5.41, 5.74) is 2.34. The minimum absolute atomic E-state index is 0.558. The fourth-order valence-electron chi connectivity index (χ4n) is 3.54. The van der Waals surface area contributed by atoms with Crippen LogP contribution in [0.3, 0.4) is 0 Å². The van der Waals surface area contributed by atoms with Crippen LogP contribution >= 0.6 is 0 Å². The SMILES string of the molecule is CC(C)CNc1cc(N2CCN(c3ccccc3)CC2)nc(-c2ccccc2)n1. The minimum atomic E-state index is 0.558. The first-order chi connectivity index (χ1) is 14.2. The van der Waals surface area contributed by atoms with Gasteiger partial charge in [-0.1, -0.05) is 62.4 Å². The van der Waals surface area contributed by atoms with Crippen molar-refractivity contribution < 1.29 is 0 Å². The molecule has 4 rings (SSSR count). The molecule has 0 unspecified atom stereocenters. The Labute approximate surface area is 173 Å². The van der Waals surface area contributed by atoms with Crippen molar-refractivity contribution >= 4 is 17.3 Å². The molecule has 5 heteroatoms. The first-order valence-electron chi connectivity index (χ1n) is 10.4. The van der Waals surface area contributed by atoms with Crippen molar-refractivity contribution in [1.29, 1.82) is 0 Å². The summed E-state index contributed by atoms with van der Waals surface area (Å²) < 4.78 is 0. The molecule has 2 aromatic carbocycles. The molecule has 1 aromatic heterocycles. The average Bonchev–Trinajstić information content (AvgIpc) is 2.79. The summed E-state index contributed by atoms with van der Waals surface area (Å²) in [6, 6.07) is 23.0. The Balaban J connectivity index is 1.55. The van der Waals surface area contributed by atoms with Crippen molar-refractivity contribution in [3.8, 4) is 11.4 Å². The number of benzene rings is 2. The van der Waals surface area contributed by atoms with Crippen LogP contribution in [0.5, 0.6) is 0 Å². The molecule has 0 aliphatic carbocycles. The number of hydrogen-bond acceptors (Lipinski definition) is 5. The maximum absolute atomic E-state index is 4.91. The zero-order valence-corrected chi connectivity index (χ0v) is 17.3. The first-order valence-corrected chi connectivity index (χ1v) is 10.4. The van der Waals surface area contributed by atoms with Crippen LogP contribution < -0.4 is 15.1 Å². The Morgan fingerprint density at radius 1 is 0.828 bits per heavy atom. The molecule has 0 spiro atoms. The van der Waals surface area contributed by atoms with Gasteiger partial charge in [-0.2, -0.15) is 0 Å². The van der Waals surface area contributed by atoms with E-state index in [1.807, 2.05) is 18.2 Å². The second-order valence-electron chi connectivity index (χ2n) is 7.89. The Morgan fingerprint density at radius 3 is 2.10 bits per heavy atom. The van der Waals surface area contributed by atoms with Crippen molar-refractivity contribution in [3.05, 3.63) is 66.7 Å². The molecule has 29 heavy (non-hydrogen) atoms. The number of para-hydroxylation sites is 1. The maximum atomic E-state index is 4.91. The second kappa shape index (κ2) is 8.95. The molecule has 1 aliphatic rings. The van der Waals surface area contributed by atoms with E-state index in [-0.39, 0.29) is 0 Å². The van der Waals surface area contributed by atoms with Crippen LogP contribution in [0.2, 0.25) is 0 Å². The summed E-state index contributed by atoms with van der Waals surface area (Å²) in [5, 5.41) is 3.48. The van der Waals surface area contributed by atoms with Crippen LogP contribution in [-0.2, 0) is 0 Å². The van der Waals surface area contributed by atoms with Gasteiger partial charge in [-0.15, -0.1) is 0 Å². The van der Waals surface area contributed by atoms with E-state index in [2.05, 4.69) is 77.5 Å². The summed E-state index contributed by atoms with van der Waals surface area (Å²) in [4.78, 5) is 14.5. The van der Waals surface area contributed by atoms with E-state index in [0.717, 1.165) is 55.7 Å². The number of anilines is 3. The lowest BCUT2D eigenvalue weighted by Crippen LogP contribution is -2.46. The number of aromatic nitrogens is 2. The quantitative estimate of drug-likeness (QED) is 0.673. The van der Waals surface area contributed by atoms with Crippen molar-refractivity contribution in [3.63, 3.8) is 0 Å². The van der Waals surface area contributed by atoms with Gasteiger partial charge >= 0.3 is 0 Å². The minimum Gasteiger partial charge on any atom is -0.370 e. The van der Waals surface area contributed by atoms with Crippen LogP contribution in [0.15, 0.2) is 66.7 Å². The van der Waals surface area contributed by atoms with Gasteiger partial charge in [-0.3, -0.25) is 0 Å². The zero-order chi connectivity index (χ0) is 20.1. The third kappa shape index (κ3) is 4.86. The smallest absolute Gasteiger partial charge is 0.163 e. The summed E-state index contributed by atoms with van der Waals surface area (Å²) in [5.74, 6) is 3.23. The van der Waals surface area contributed by atoms with E-state index < -0.39 is 0 Å². The Hall–Kier alpha value is -3.08. The summed E-state index contributed by atoms with van der Waals surface area (Å²) in [6.07, 6.45) is 0. The lowest BCUT2D eigenvalue weighted by molar-refractivity contribution is 0.647. The molecule has 3 aromatic rings. The van der Waals surface area contributed by atoms with E-state index in [1.165, 1.54) is 5.69 Å². The zero-order valence-electron chi connectivity index (χ0n) is 17.3. The molecule has 1 N–H and O–H groups in total. The van der Waals surface area contributed by atoms with Crippen LogP contribution in [0.4, 0.5) is 17.3 Å².